The highest BCUT2D eigenvalue weighted by atomic mass is 35.5. The smallest absolute Gasteiger partial charge is 0.245 e. The third-order valence-electron chi connectivity index (χ3n) is 4.54. The minimum Gasteiger partial charge on any atom is -0.351 e. The van der Waals surface area contributed by atoms with Crippen LogP contribution >= 0.6 is 23.2 Å². The number of benzene rings is 2. The second-order valence-electron chi connectivity index (χ2n) is 6.79. The lowest BCUT2D eigenvalue weighted by atomic mass is 10.1. The number of carbonyl (C=O) groups excluding carboxylic acids is 1. The molecule has 1 heterocycles. The Bertz CT molecular complexity index is 1130. The lowest BCUT2D eigenvalue weighted by Gasteiger charge is -2.22. The number of carbonyl (C=O) groups is 1. The molecule has 0 spiro atoms. The summed E-state index contributed by atoms with van der Waals surface area (Å²) >= 11 is 12.1. The van der Waals surface area contributed by atoms with Crippen LogP contribution in [0.3, 0.4) is 0 Å². The van der Waals surface area contributed by atoms with Gasteiger partial charge in [0.25, 0.3) is 0 Å². The molecule has 0 bridgehead atoms. The number of aromatic nitrogens is 1. The number of halogens is 2. The van der Waals surface area contributed by atoms with E-state index >= 15 is 0 Å². The molecule has 3 rings (SSSR count). The second kappa shape index (κ2) is 10.7. The average Bonchev–Trinajstić information content (AvgIpc) is 2.78. The van der Waals surface area contributed by atoms with Crippen LogP contribution in [0.25, 0.3) is 0 Å². The van der Waals surface area contributed by atoms with E-state index in [1.165, 1.54) is 18.2 Å². The van der Waals surface area contributed by atoms with Gasteiger partial charge in [-0.25, -0.2) is 8.42 Å². The van der Waals surface area contributed by atoms with Crippen LogP contribution in [-0.4, -0.2) is 36.7 Å². The summed E-state index contributed by atoms with van der Waals surface area (Å²) in [6.45, 7) is 0.00490. The first-order valence-electron chi connectivity index (χ1n) is 9.51. The van der Waals surface area contributed by atoms with Crippen molar-refractivity contribution < 1.29 is 13.2 Å². The number of rotatable bonds is 9. The maximum absolute atomic E-state index is 13.3. The lowest BCUT2D eigenvalue weighted by molar-refractivity contribution is -0.121. The molecule has 0 aliphatic rings. The highest BCUT2D eigenvalue weighted by molar-refractivity contribution is 7.89. The Labute approximate surface area is 191 Å². The summed E-state index contributed by atoms with van der Waals surface area (Å²) in [5, 5.41) is 3.02. The number of amides is 1. The van der Waals surface area contributed by atoms with Gasteiger partial charge in [-0.15, -0.1) is 0 Å². The van der Waals surface area contributed by atoms with Crippen molar-refractivity contribution in [2.75, 3.05) is 13.1 Å². The van der Waals surface area contributed by atoms with Crippen molar-refractivity contribution in [2.45, 2.75) is 17.9 Å². The highest BCUT2D eigenvalue weighted by Crippen LogP contribution is 2.28. The van der Waals surface area contributed by atoms with Gasteiger partial charge in [0, 0.05) is 30.5 Å². The Morgan fingerprint density at radius 3 is 2.45 bits per heavy atom. The van der Waals surface area contributed by atoms with Crippen LogP contribution in [0.1, 0.15) is 11.1 Å². The largest absolute Gasteiger partial charge is 0.351 e. The molecule has 0 fully saturated rings. The summed E-state index contributed by atoms with van der Waals surface area (Å²) in [4.78, 5) is 16.4. The number of nitrogens with one attached hydrogen (secondary N) is 1. The first-order chi connectivity index (χ1) is 14.9. The van der Waals surface area contributed by atoms with Gasteiger partial charge < -0.3 is 5.32 Å². The summed E-state index contributed by atoms with van der Waals surface area (Å²) < 4.78 is 27.8. The van der Waals surface area contributed by atoms with Crippen LogP contribution in [-0.2, 0) is 27.8 Å². The first-order valence-corrected chi connectivity index (χ1v) is 11.7. The van der Waals surface area contributed by atoms with E-state index in [0.29, 0.717) is 6.42 Å². The molecule has 3 aromatic rings. The molecule has 1 aromatic heterocycles. The van der Waals surface area contributed by atoms with Crippen LogP contribution in [0.5, 0.6) is 0 Å². The van der Waals surface area contributed by atoms with E-state index in [1.54, 1.807) is 18.5 Å². The average molecular weight is 478 g/mol. The van der Waals surface area contributed by atoms with Gasteiger partial charge in [0.05, 0.1) is 11.6 Å². The molecule has 1 N–H and O–H groups in total. The second-order valence-corrected chi connectivity index (χ2v) is 9.54. The number of sulfonamides is 1. The fourth-order valence-corrected chi connectivity index (χ4v) is 5.05. The lowest BCUT2D eigenvalue weighted by Crippen LogP contribution is -2.41. The van der Waals surface area contributed by atoms with Gasteiger partial charge in [0.2, 0.25) is 15.9 Å². The van der Waals surface area contributed by atoms with E-state index in [2.05, 4.69) is 10.3 Å². The Morgan fingerprint density at radius 2 is 1.74 bits per heavy atom. The third kappa shape index (κ3) is 6.51. The van der Waals surface area contributed by atoms with E-state index < -0.39 is 15.9 Å². The number of hydrogen-bond acceptors (Lipinski definition) is 4. The zero-order chi connectivity index (χ0) is 22.3. The minimum atomic E-state index is -4.06. The molecular weight excluding hydrogens is 457 g/mol. The quantitative estimate of drug-likeness (QED) is 0.506. The van der Waals surface area contributed by atoms with Crippen LogP contribution in [0.15, 0.2) is 78.0 Å². The van der Waals surface area contributed by atoms with Crippen LogP contribution in [0, 0.1) is 0 Å². The number of pyridine rings is 1. The third-order valence-corrected chi connectivity index (χ3v) is 7.10. The molecule has 31 heavy (non-hydrogen) atoms. The zero-order valence-corrected chi connectivity index (χ0v) is 18.9. The first kappa shape index (κ1) is 23.2. The molecule has 0 saturated carbocycles. The van der Waals surface area contributed by atoms with E-state index in [0.717, 1.165) is 15.4 Å². The summed E-state index contributed by atoms with van der Waals surface area (Å²) in [7, 11) is -4.06. The molecular formula is C22H21Cl2N3O3S. The van der Waals surface area contributed by atoms with Crippen LogP contribution < -0.4 is 5.32 Å². The van der Waals surface area contributed by atoms with Crippen molar-refractivity contribution in [2.24, 2.45) is 0 Å². The van der Waals surface area contributed by atoms with Gasteiger partial charge in [0.15, 0.2) is 0 Å². The van der Waals surface area contributed by atoms with Gasteiger partial charge in [0.1, 0.15) is 4.90 Å². The van der Waals surface area contributed by atoms with Gasteiger partial charge in [-0.05, 0) is 41.8 Å². The predicted octanol–water partition coefficient (Wildman–Crippen LogP) is 3.94. The van der Waals surface area contributed by atoms with E-state index in [9.17, 15) is 13.2 Å². The summed E-state index contributed by atoms with van der Waals surface area (Å²) in [5.41, 5.74) is 1.77. The normalized spacial score (nSPS) is 11.5. The van der Waals surface area contributed by atoms with Crippen molar-refractivity contribution in [1.82, 2.24) is 14.6 Å². The molecule has 0 aliphatic heterocycles. The van der Waals surface area contributed by atoms with Crippen molar-refractivity contribution in [3.05, 3.63) is 94.2 Å². The van der Waals surface area contributed by atoms with Crippen molar-refractivity contribution in [3.8, 4) is 0 Å². The van der Waals surface area contributed by atoms with E-state index in [4.69, 9.17) is 23.2 Å². The monoisotopic (exact) mass is 477 g/mol. The van der Waals surface area contributed by atoms with Gasteiger partial charge in [-0.2, -0.15) is 4.31 Å². The Kier molecular flexibility index (Phi) is 8.03. The highest BCUT2D eigenvalue weighted by Gasteiger charge is 2.28. The van der Waals surface area contributed by atoms with Gasteiger partial charge in [-0.3, -0.25) is 9.78 Å². The molecule has 0 aliphatic carbocycles. The Morgan fingerprint density at radius 1 is 1.00 bits per heavy atom. The molecule has 162 valence electrons. The standard InChI is InChI=1S/C22H21Cl2N3O3S/c23-19-8-9-20(24)21(13-19)31(29,30)27(12-10-17-5-2-1-3-6-17)16-22(28)26-15-18-7-4-11-25-14-18/h1-9,11,13-14H,10,12,15-16H2,(H,26,28). The van der Waals surface area contributed by atoms with Crippen molar-refractivity contribution in [1.29, 1.82) is 0 Å². The number of nitrogens with zero attached hydrogens (tertiary/aromatic N) is 2. The molecule has 2 aromatic carbocycles. The summed E-state index contributed by atoms with van der Waals surface area (Å²) in [5.74, 6) is -0.432. The SMILES string of the molecule is O=C(CN(CCc1ccccc1)S(=O)(=O)c1cc(Cl)ccc1Cl)NCc1cccnc1. The van der Waals surface area contributed by atoms with Gasteiger partial charge >= 0.3 is 0 Å². The molecule has 0 unspecified atom stereocenters. The van der Waals surface area contributed by atoms with Crippen LogP contribution in [0.2, 0.25) is 10.0 Å². The minimum absolute atomic E-state index is 0.0462. The topological polar surface area (TPSA) is 79.4 Å². The van der Waals surface area contributed by atoms with E-state index in [-0.39, 0.29) is 34.6 Å². The Hall–Kier alpha value is -2.45. The number of hydrogen-bond donors (Lipinski definition) is 1. The molecule has 9 heteroatoms. The molecule has 0 radical (unpaired) electrons. The van der Waals surface area contributed by atoms with Gasteiger partial charge in [-0.1, -0.05) is 59.6 Å². The summed E-state index contributed by atoms with van der Waals surface area (Å²) in [6, 6.07) is 17.3. The predicted molar refractivity (Wildman–Crippen MR) is 121 cm³/mol. The molecule has 0 atom stereocenters. The van der Waals surface area contributed by atoms with E-state index in [1.807, 2.05) is 36.4 Å². The fraction of sp³-hybridized carbons (Fsp3) is 0.182. The fourth-order valence-electron chi connectivity index (χ4n) is 2.92. The van der Waals surface area contributed by atoms with Crippen molar-refractivity contribution >= 4 is 39.1 Å². The van der Waals surface area contributed by atoms with Crippen molar-refractivity contribution in [3.63, 3.8) is 0 Å². The molecule has 0 saturated heterocycles. The zero-order valence-electron chi connectivity index (χ0n) is 16.5. The van der Waals surface area contributed by atoms with Crippen LogP contribution in [0.4, 0.5) is 0 Å². The molecule has 6 nitrogen and oxygen atoms in total. The maximum Gasteiger partial charge on any atom is 0.245 e. The Balaban J connectivity index is 1.79. The molecule has 1 amide bonds. The summed E-state index contributed by atoms with van der Waals surface area (Å²) in [6.07, 6.45) is 3.71. The maximum atomic E-state index is 13.3.